The minimum atomic E-state index is -0.430. The second-order valence-electron chi connectivity index (χ2n) is 3.95. The number of rotatable bonds is 5. The van der Waals surface area contributed by atoms with Crippen molar-refractivity contribution < 1.29 is 9.66 Å². The number of hydrogen-bond donors (Lipinski definition) is 0. The van der Waals surface area contributed by atoms with E-state index in [1.807, 2.05) is 0 Å². The molecule has 1 aliphatic rings. The van der Waals surface area contributed by atoms with Crippen LogP contribution in [0.25, 0.3) is 0 Å². The fraction of sp³-hybridized carbons (Fsp3) is 0.455. The molecule has 0 bridgehead atoms. The van der Waals surface area contributed by atoms with Gasteiger partial charge in [0.05, 0.1) is 11.5 Å². The normalized spacial score (nSPS) is 14.8. The van der Waals surface area contributed by atoms with Gasteiger partial charge >= 0.3 is 5.69 Å². The van der Waals surface area contributed by atoms with Crippen molar-refractivity contribution >= 4 is 17.3 Å². The van der Waals surface area contributed by atoms with E-state index in [2.05, 4.69) is 0 Å². The summed E-state index contributed by atoms with van der Waals surface area (Å²) in [7, 11) is 0. The summed E-state index contributed by atoms with van der Waals surface area (Å²) in [4.78, 5) is 10.3. The zero-order valence-corrected chi connectivity index (χ0v) is 9.44. The molecule has 1 aromatic rings. The van der Waals surface area contributed by atoms with Gasteiger partial charge in [-0.15, -0.1) is 11.6 Å². The molecule has 0 N–H and O–H groups in total. The first-order chi connectivity index (χ1) is 7.70. The average Bonchev–Trinajstić information content (AvgIpc) is 3.09. The van der Waals surface area contributed by atoms with Gasteiger partial charge < -0.3 is 4.74 Å². The van der Waals surface area contributed by atoms with Crippen molar-refractivity contribution in [2.75, 3.05) is 6.61 Å². The second-order valence-corrected chi connectivity index (χ2v) is 4.21. The summed E-state index contributed by atoms with van der Waals surface area (Å²) in [6, 6.07) is 4.74. The highest BCUT2D eigenvalue weighted by molar-refractivity contribution is 6.17. The van der Waals surface area contributed by atoms with Gasteiger partial charge in [0.2, 0.25) is 0 Å². The Labute approximate surface area is 98.3 Å². The van der Waals surface area contributed by atoms with Gasteiger partial charge in [-0.2, -0.15) is 0 Å². The van der Waals surface area contributed by atoms with E-state index >= 15 is 0 Å². The molecule has 0 heterocycles. The molecule has 1 aromatic carbocycles. The Morgan fingerprint density at radius 3 is 2.81 bits per heavy atom. The maximum atomic E-state index is 10.8. The number of hydrogen-bond acceptors (Lipinski definition) is 3. The molecule has 0 atom stereocenters. The lowest BCUT2D eigenvalue weighted by Crippen LogP contribution is -2.02. The SMILES string of the molecule is O=[N+]([O-])c1ccc(CCl)cc1OCC1CC1. The zero-order chi connectivity index (χ0) is 11.5. The largest absolute Gasteiger partial charge is 0.487 e. The van der Waals surface area contributed by atoms with E-state index in [1.165, 1.54) is 6.07 Å². The lowest BCUT2D eigenvalue weighted by molar-refractivity contribution is -0.385. The summed E-state index contributed by atoms with van der Waals surface area (Å²) in [5.41, 5.74) is 0.840. The number of alkyl halides is 1. The van der Waals surface area contributed by atoms with Crippen molar-refractivity contribution in [2.24, 2.45) is 5.92 Å². The number of ether oxygens (including phenoxy) is 1. The van der Waals surface area contributed by atoms with Crippen LogP contribution in [0.5, 0.6) is 5.75 Å². The van der Waals surface area contributed by atoms with E-state index in [1.54, 1.807) is 12.1 Å². The van der Waals surface area contributed by atoms with Crippen molar-refractivity contribution in [1.82, 2.24) is 0 Å². The summed E-state index contributed by atoms with van der Waals surface area (Å²) in [6.45, 7) is 0.562. The number of benzene rings is 1. The van der Waals surface area contributed by atoms with Crippen LogP contribution in [0.1, 0.15) is 18.4 Å². The maximum Gasteiger partial charge on any atom is 0.310 e. The molecule has 0 amide bonds. The summed E-state index contributed by atoms with van der Waals surface area (Å²) < 4.78 is 5.46. The summed E-state index contributed by atoms with van der Waals surface area (Å²) in [5.74, 6) is 1.23. The first kappa shape index (κ1) is 11.2. The first-order valence-corrected chi connectivity index (χ1v) is 5.70. The smallest absolute Gasteiger partial charge is 0.310 e. The van der Waals surface area contributed by atoms with Crippen LogP contribution >= 0.6 is 11.6 Å². The van der Waals surface area contributed by atoms with E-state index in [4.69, 9.17) is 16.3 Å². The Kier molecular flexibility index (Phi) is 3.29. The molecule has 0 unspecified atom stereocenters. The van der Waals surface area contributed by atoms with Crippen LogP contribution in [0, 0.1) is 16.0 Å². The highest BCUT2D eigenvalue weighted by Gasteiger charge is 2.24. The summed E-state index contributed by atoms with van der Waals surface area (Å²) in [5, 5.41) is 10.8. The molecule has 0 spiro atoms. The molecule has 0 aromatic heterocycles. The molecule has 1 saturated carbocycles. The molecule has 1 aliphatic carbocycles. The Bertz CT molecular complexity index is 404. The van der Waals surface area contributed by atoms with Crippen LogP contribution in [0.4, 0.5) is 5.69 Å². The van der Waals surface area contributed by atoms with Gasteiger partial charge in [-0.05, 0) is 30.4 Å². The van der Waals surface area contributed by atoms with Gasteiger partial charge in [0.15, 0.2) is 5.75 Å². The monoisotopic (exact) mass is 241 g/mol. The highest BCUT2D eigenvalue weighted by atomic mass is 35.5. The standard InChI is InChI=1S/C11H12ClNO3/c12-6-9-3-4-10(13(14)15)11(5-9)16-7-8-1-2-8/h3-5,8H,1-2,6-7H2. The van der Waals surface area contributed by atoms with Crippen LogP contribution in [-0.2, 0) is 5.88 Å². The molecule has 0 saturated heterocycles. The molecule has 2 rings (SSSR count). The molecular formula is C11H12ClNO3. The molecule has 16 heavy (non-hydrogen) atoms. The first-order valence-electron chi connectivity index (χ1n) is 5.17. The van der Waals surface area contributed by atoms with E-state index in [-0.39, 0.29) is 5.69 Å². The molecule has 5 heteroatoms. The van der Waals surface area contributed by atoms with Crippen LogP contribution < -0.4 is 4.74 Å². The van der Waals surface area contributed by atoms with Crippen LogP contribution in [-0.4, -0.2) is 11.5 Å². The minimum Gasteiger partial charge on any atom is -0.487 e. The summed E-state index contributed by atoms with van der Waals surface area (Å²) in [6.07, 6.45) is 2.31. The fourth-order valence-corrected chi connectivity index (χ4v) is 1.57. The molecule has 4 nitrogen and oxygen atoms in total. The molecular weight excluding hydrogens is 230 g/mol. The van der Waals surface area contributed by atoms with Crippen molar-refractivity contribution in [1.29, 1.82) is 0 Å². The van der Waals surface area contributed by atoms with E-state index in [0.29, 0.717) is 24.2 Å². The van der Waals surface area contributed by atoms with Gasteiger partial charge in [-0.25, -0.2) is 0 Å². The quantitative estimate of drug-likeness (QED) is 0.452. The molecule has 86 valence electrons. The van der Waals surface area contributed by atoms with Crippen LogP contribution in [0.15, 0.2) is 18.2 Å². The van der Waals surface area contributed by atoms with E-state index < -0.39 is 4.92 Å². The topological polar surface area (TPSA) is 52.4 Å². The van der Waals surface area contributed by atoms with Gasteiger partial charge in [-0.3, -0.25) is 10.1 Å². The van der Waals surface area contributed by atoms with Crippen LogP contribution in [0.2, 0.25) is 0 Å². The highest BCUT2D eigenvalue weighted by Crippen LogP contribution is 2.33. The number of nitrogens with zero attached hydrogens (tertiary/aromatic N) is 1. The number of halogens is 1. The molecule has 0 radical (unpaired) electrons. The summed E-state index contributed by atoms with van der Waals surface area (Å²) >= 11 is 5.68. The zero-order valence-electron chi connectivity index (χ0n) is 8.69. The van der Waals surface area contributed by atoms with Gasteiger partial charge in [0.1, 0.15) is 0 Å². The number of nitro benzene ring substituents is 1. The van der Waals surface area contributed by atoms with Gasteiger partial charge in [0, 0.05) is 11.9 Å². The van der Waals surface area contributed by atoms with E-state index in [9.17, 15) is 10.1 Å². The Morgan fingerprint density at radius 2 is 2.25 bits per heavy atom. The predicted molar refractivity (Wildman–Crippen MR) is 60.9 cm³/mol. The minimum absolute atomic E-state index is 0.00881. The van der Waals surface area contributed by atoms with Crippen molar-refractivity contribution in [3.63, 3.8) is 0 Å². The predicted octanol–water partition coefficient (Wildman–Crippen LogP) is 3.12. The van der Waals surface area contributed by atoms with Crippen molar-refractivity contribution in [2.45, 2.75) is 18.7 Å². The lowest BCUT2D eigenvalue weighted by atomic mass is 10.2. The fourth-order valence-electron chi connectivity index (χ4n) is 1.40. The molecule has 0 aliphatic heterocycles. The third-order valence-electron chi connectivity index (χ3n) is 2.55. The molecule has 1 fully saturated rings. The maximum absolute atomic E-state index is 10.8. The lowest BCUT2D eigenvalue weighted by Gasteiger charge is -2.07. The average molecular weight is 242 g/mol. The number of nitro groups is 1. The third kappa shape index (κ3) is 2.64. The van der Waals surface area contributed by atoms with Gasteiger partial charge in [0.25, 0.3) is 0 Å². The Hall–Kier alpha value is -1.29. The van der Waals surface area contributed by atoms with Crippen LogP contribution in [0.3, 0.4) is 0 Å². The Morgan fingerprint density at radius 1 is 1.50 bits per heavy atom. The van der Waals surface area contributed by atoms with E-state index in [0.717, 1.165) is 18.4 Å². The van der Waals surface area contributed by atoms with Gasteiger partial charge in [-0.1, -0.05) is 6.07 Å². The van der Waals surface area contributed by atoms with Crippen molar-refractivity contribution in [3.05, 3.63) is 33.9 Å². The Balaban J connectivity index is 2.18. The third-order valence-corrected chi connectivity index (χ3v) is 2.86. The van der Waals surface area contributed by atoms with Crippen molar-refractivity contribution in [3.8, 4) is 5.75 Å². The second kappa shape index (κ2) is 4.70.